The number of aldehydes is 1. The van der Waals surface area contributed by atoms with Crippen molar-refractivity contribution < 1.29 is 23.8 Å². The number of hydrogen-bond acceptors (Lipinski definition) is 10. The Morgan fingerprint density at radius 1 is 1.34 bits per heavy atom. The average Bonchev–Trinajstić information content (AvgIpc) is 3.25. The van der Waals surface area contributed by atoms with Crippen LogP contribution in [0.2, 0.25) is 0 Å². The third kappa shape index (κ3) is 5.17. The number of aromatic nitrogens is 2. The van der Waals surface area contributed by atoms with E-state index in [1.165, 1.54) is 29.0 Å². The van der Waals surface area contributed by atoms with E-state index in [-0.39, 0.29) is 37.4 Å². The maximum absolute atomic E-state index is 14.6. The molecule has 0 saturated heterocycles. The monoisotopic (exact) mass is 526 g/mol. The number of nitrogens with two attached hydrogens (primary N) is 3. The van der Waals surface area contributed by atoms with Gasteiger partial charge in [-0.1, -0.05) is 0 Å². The number of methoxy groups -OCH3 is 1. The van der Waals surface area contributed by atoms with E-state index in [1.54, 1.807) is 19.1 Å². The van der Waals surface area contributed by atoms with E-state index in [1.807, 2.05) is 0 Å². The van der Waals surface area contributed by atoms with Crippen molar-refractivity contribution in [3.8, 4) is 11.4 Å². The Bertz CT molecular complexity index is 1470. The Balaban J connectivity index is 1.88. The molecular formula is C26H31FN6O5. The minimum absolute atomic E-state index is 0.0881. The number of carbonyl (C=O) groups is 1. The lowest BCUT2D eigenvalue weighted by molar-refractivity contribution is -0.115. The molecule has 1 atom stereocenters. The van der Waals surface area contributed by atoms with Gasteiger partial charge in [0, 0.05) is 48.0 Å². The molecule has 0 aliphatic carbocycles. The van der Waals surface area contributed by atoms with Crippen LogP contribution < -0.4 is 22.9 Å². The third-order valence-corrected chi connectivity index (χ3v) is 6.42. The molecule has 1 aliphatic heterocycles. The fourth-order valence-electron chi connectivity index (χ4n) is 4.66. The number of benzene rings is 1. The summed E-state index contributed by atoms with van der Waals surface area (Å²) < 4.78 is 26.6. The number of aliphatic hydroxyl groups excluding tert-OH is 1. The molecule has 0 spiro atoms. The zero-order valence-corrected chi connectivity index (χ0v) is 21.2. The second-order valence-electron chi connectivity index (χ2n) is 9.12. The molecule has 1 unspecified atom stereocenters. The topological polar surface area (TPSA) is 172 Å². The van der Waals surface area contributed by atoms with Crippen molar-refractivity contribution in [2.24, 2.45) is 17.3 Å². The van der Waals surface area contributed by atoms with Gasteiger partial charge in [-0.15, -0.1) is 0 Å². The molecule has 0 fully saturated rings. The van der Waals surface area contributed by atoms with Gasteiger partial charge in [-0.3, -0.25) is 4.79 Å². The lowest BCUT2D eigenvalue weighted by atomic mass is 9.98. The summed E-state index contributed by atoms with van der Waals surface area (Å²) in [6.45, 7) is 2.76. The predicted octanol–water partition coefficient (Wildman–Crippen LogP) is 0.703. The first-order valence-electron chi connectivity index (χ1n) is 12.0. The van der Waals surface area contributed by atoms with Crippen LogP contribution in [0.3, 0.4) is 0 Å². The van der Waals surface area contributed by atoms with E-state index < -0.39 is 17.5 Å². The molecule has 1 aliphatic rings. The maximum Gasteiger partial charge on any atom is 0.257 e. The number of carbonyl (C=O) groups excluding carboxylic acids is 1. The van der Waals surface area contributed by atoms with Gasteiger partial charge >= 0.3 is 0 Å². The van der Waals surface area contributed by atoms with Crippen LogP contribution in [0.4, 0.5) is 4.39 Å². The van der Waals surface area contributed by atoms with Gasteiger partial charge in [-0.05, 0) is 30.2 Å². The molecule has 2 aromatic heterocycles. The minimum Gasteiger partial charge on any atom is -0.399 e. The van der Waals surface area contributed by atoms with E-state index >= 15 is 0 Å². The molecule has 0 bridgehead atoms. The van der Waals surface area contributed by atoms with Crippen LogP contribution in [0.1, 0.15) is 33.9 Å². The highest BCUT2D eigenvalue weighted by molar-refractivity contribution is 5.88. The maximum atomic E-state index is 14.6. The number of rotatable bonds is 11. The SMILES string of the molecule is COCc1c(C(O)C=O)cc2n(c1=O)Cc1c-2nc2cc(F)c(C)cc2c1CN(N)/C=C(\N)COCCN. The summed E-state index contributed by atoms with van der Waals surface area (Å²) in [4.78, 5) is 29.5. The van der Waals surface area contributed by atoms with E-state index in [2.05, 4.69) is 4.98 Å². The fourth-order valence-corrected chi connectivity index (χ4v) is 4.66. The normalized spacial score (nSPS) is 13.5. The first-order valence-corrected chi connectivity index (χ1v) is 12.0. The number of aryl methyl sites for hydroxylation is 1. The largest absolute Gasteiger partial charge is 0.399 e. The lowest BCUT2D eigenvalue weighted by Crippen LogP contribution is -2.28. The van der Waals surface area contributed by atoms with Crippen molar-refractivity contribution in [1.82, 2.24) is 14.6 Å². The summed E-state index contributed by atoms with van der Waals surface area (Å²) in [6, 6.07) is 4.59. The first-order chi connectivity index (χ1) is 18.2. The molecule has 202 valence electrons. The third-order valence-electron chi connectivity index (χ3n) is 6.42. The van der Waals surface area contributed by atoms with Gasteiger partial charge in [0.1, 0.15) is 11.9 Å². The van der Waals surface area contributed by atoms with Gasteiger partial charge in [0.2, 0.25) is 0 Å². The van der Waals surface area contributed by atoms with E-state index in [0.717, 1.165) is 5.56 Å². The molecular weight excluding hydrogens is 495 g/mol. The summed E-state index contributed by atoms with van der Waals surface area (Å²) >= 11 is 0. The fraction of sp³-hybridized carbons (Fsp3) is 0.346. The van der Waals surface area contributed by atoms with Crippen LogP contribution in [-0.2, 0) is 34.0 Å². The number of halogens is 1. The Labute approximate surface area is 218 Å². The standard InChI is InChI=1S/C26H31FN6O5/c1-14-5-16-18(9-32(30)8-15(29)12-38-4-3-28)19-10-33-23(25(19)31-22(16)7-21(14)27)6-17(24(35)11-34)20(13-37-2)26(33)36/h5-8,11,24,35H,3-4,9-10,12-13,28-30H2,1-2H3/b15-8-. The molecule has 0 amide bonds. The van der Waals surface area contributed by atoms with Gasteiger partial charge in [-0.25, -0.2) is 15.2 Å². The Kier molecular flexibility index (Phi) is 8.19. The second kappa shape index (κ2) is 11.4. The van der Waals surface area contributed by atoms with Crippen LogP contribution in [0.15, 0.2) is 34.9 Å². The second-order valence-corrected chi connectivity index (χ2v) is 9.12. The summed E-state index contributed by atoms with van der Waals surface area (Å²) in [6.07, 6.45) is 0.366. The van der Waals surface area contributed by atoms with Gasteiger partial charge in [0.25, 0.3) is 5.56 Å². The Morgan fingerprint density at radius 2 is 2.11 bits per heavy atom. The number of nitrogens with zero attached hydrogens (tertiary/aromatic N) is 3. The number of hydrogen-bond donors (Lipinski definition) is 4. The molecule has 4 rings (SSSR count). The van der Waals surface area contributed by atoms with Gasteiger partial charge in [-0.2, -0.15) is 0 Å². The summed E-state index contributed by atoms with van der Waals surface area (Å²) in [7, 11) is 1.42. The zero-order valence-electron chi connectivity index (χ0n) is 21.2. The number of pyridine rings is 2. The van der Waals surface area contributed by atoms with Crippen LogP contribution in [0.5, 0.6) is 0 Å². The van der Waals surface area contributed by atoms with Crippen molar-refractivity contribution in [1.29, 1.82) is 0 Å². The molecule has 7 N–H and O–H groups in total. The molecule has 0 radical (unpaired) electrons. The average molecular weight is 527 g/mol. The highest BCUT2D eigenvalue weighted by Crippen LogP contribution is 2.37. The smallest absolute Gasteiger partial charge is 0.257 e. The van der Waals surface area contributed by atoms with E-state index in [4.69, 9.17) is 26.8 Å². The van der Waals surface area contributed by atoms with Crippen molar-refractivity contribution in [2.45, 2.75) is 32.7 Å². The molecule has 3 heterocycles. The van der Waals surface area contributed by atoms with E-state index in [0.29, 0.717) is 58.6 Å². The van der Waals surface area contributed by atoms with Gasteiger partial charge in [0.05, 0.1) is 55.5 Å². The summed E-state index contributed by atoms with van der Waals surface area (Å²) in [5.41, 5.74) is 14.8. The van der Waals surface area contributed by atoms with Crippen LogP contribution >= 0.6 is 0 Å². The quantitative estimate of drug-likeness (QED) is 0.0943. The van der Waals surface area contributed by atoms with Crippen LogP contribution in [0, 0.1) is 12.7 Å². The highest BCUT2D eigenvalue weighted by Gasteiger charge is 2.30. The molecule has 3 aromatic rings. The molecule has 12 heteroatoms. The Hall–Kier alpha value is -3.68. The predicted molar refractivity (Wildman–Crippen MR) is 139 cm³/mol. The Morgan fingerprint density at radius 3 is 2.79 bits per heavy atom. The number of fused-ring (bicyclic) bond motifs is 4. The van der Waals surface area contributed by atoms with Crippen molar-refractivity contribution >= 4 is 17.2 Å². The highest BCUT2D eigenvalue weighted by atomic mass is 19.1. The number of ether oxygens (including phenoxy) is 2. The number of hydrazine groups is 1. The summed E-state index contributed by atoms with van der Waals surface area (Å²) in [5.74, 6) is 5.86. The molecule has 0 saturated carbocycles. The molecule has 1 aromatic carbocycles. The lowest BCUT2D eigenvalue weighted by Gasteiger charge is -2.19. The van der Waals surface area contributed by atoms with Gasteiger partial charge < -0.3 is 40.4 Å². The van der Waals surface area contributed by atoms with Crippen molar-refractivity contribution in [3.63, 3.8) is 0 Å². The zero-order chi connectivity index (χ0) is 27.6. The first kappa shape index (κ1) is 27.4. The van der Waals surface area contributed by atoms with Crippen LogP contribution in [0.25, 0.3) is 22.3 Å². The van der Waals surface area contributed by atoms with Crippen molar-refractivity contribution in [3.05, 3.63) is 74.1 Å². The van der Waals surface area contributed by atoms with Crippen LogP contribution in [-0.4, -0.2) is 52.8 Å². The molecule has 11 nitrogen and oxygen atoms in total. The molecule has 38 heavy (non-hydrogen) atoms. The van der Waals surface area contributed by atoms with Gasteiger partial charge in [0.15, 0.2) is 6.29 Å². The number of aliphatic hydroxyl groups is 1. The summed E-state index contributed by atoms with van der Waals surface area (Å²) in [5, 5.41) is 12.4. The van der Waals surface area contributed by atoms with E-state index in [9.17, 15) is 19.1 Å². The minimum atomic E-state index is -1.52. The van der Waals surface area contributed by atoms with Crippen molar-refractivity contribution in [2.75, 3.05) is 26.9 Å².